The Morgan fingerprint density at radius 3 is 2.72 bits per heavy atom. The Kier molecular flexibility index (Phi) is 6.68. The molecule has 2 unspecified atom stereocenters. The van der Waals surface area contributed by atoms with E-state index in [-0.39, 0.29) is 12.1 Å². The molecular formula is C14H24N2O2. The van der Waals surface area contributed by atoms with E-state index in [1.165, 1.54) is 0 Å². The van der Waals surface area contributed by atoms with Gasteiger partial charge in [0.2, 0.25) is 0 Å². The van der Waals surface area contributed by atoms with Crippen molar-refractivity contribution in [1.82, 2.24) is 10.3 Å². The van der Waals surface area contributed by atoms with E-state index in [4.69, 9.17) is 9.47 Å². The first-order valence-electron chi connectivity index (χ1n) is 6.56. The molecule has 1 aromatic heterocycles. The highest BCUT2D eigenvalue weighted by atomic mass is 16.5. The van der Waals surface area contributed by atoms with Crippen LogP contribution in [0.4, 0.5) is 0 Å². The fraction of sp³-hybridized carbons (Fsp3) is 0.643. The van der Waals surface area contributed by atoms with Crippen molar-refractivity contribution < 1.29 is 9.47 Å². The van der Waals surface area contributed by atoms with Crippen LogP contribution in [0.3, 0.4) is 0 Å². The highest BCUT2D eigenvalue weighted by Gasteiger charge is 2.25. The van der Waals surface area contributed by atoms with Gasteiger partial charge in [-0.15, -0.1) is 0 Å². The summed E-state index contributed by atoms with van der Waals surface area (Å²) in [6, 6.07) is 3.87. The number of hydrogen-bond donors (Lipinski definition) is 1. The molecule has 0 fully saturated rings. The maximum absolute atomic E-state index is 5.83. The van der Waals surface area contributed by atoms with Gasteiger partial charge in [-0.2, -0.15) is 0 Å². The molecule has 4 nitrogen and oxygen atoms in total. The van der Waals surface area contributed by atoms with Gasteiger partial charge < -0.3 is 14.8 Å². The van der Waals surface area contributed by atoms with Crippen LogP contribution in [-0.4, -0.2) is 31.9 Å². The zero-order chi connectivity index (χ0) is 13.4. The number of ether oxygens (including phenoxy) is 2. The number of nitrogens with zero attached hydrogens (tertiary/aromatic N) is 1. The van der Waals surface area contributed by atoms with E-state index in [0.717, 1.165) is 24.3 Å². The fourth-order valence-corrected chi connectivity index (χ4v) is 2.15. The van der Waals surface area contributed by atoms with E-state index in [1.807, 2.05) is 26.1 Å². The van der Waals surface area contributed by atoms with Gasteiger partial charge in [-0.3, -0.25) is 4.98 Å². The number of methoxy groups -OCH3 is 1. The van der Waals surface area contributed by atoms with Crippen LogP contribution < -0.4 is 10.1 Å². The minimum absolute atomic E-state index is 0.0565. The van der Waals surface area contributed by atoms with E-state index in [1.54, 1.807) is 13.3 Å². The molecule has 0 spiro atoms. The van der Waals surface area contributed by atoms with Crippen LogP contribution in [0.1, 0.15) is 38.4 Å². The Labute approximate surface area is 110 Å². The van der Waals surface area contributed by atoms with Gasteiger partial charge in [0.15, 0.2) is 0 Å². The van der Waals surface area contributed by atoms with Crippen LogP contribution in [0.5, 0.6) is 5.75 Å². The maximum Gasteiger partial charge on any atom is 0.142 e. The predicted molar refractivity (Wildman–Crippen MR) is 72.9 cm³/mol. The molecule has 0 aliphatic heterocycles. The van der Waals surface area contributed by atoms with Crippen LogP contribution >= 0.6 is 0 Å². The quantitative estimate of drug-likeness (QED) is 0.772. The topological polar surface area (TPSA) is 43.4 Å². The normalized spacial score (nSPS) is 14.2. The van der Waals surface area contributed by atoms with Gasteiger partial charge in [-0.25, -0.2) is 0 Å². The third-order valence-electron chi connectivity index (χ3n) is 2.95. The summed E-state index contributed by atoms with van der Waals surface area (Å²) in [5.41, 5.74) is 0.911. The Morgan fingerprint density at radius 2 is 2.17 bits per heavy atom. The van der Waals surface area contributed by atoms with Gasteiger partial charge in [-0.1, -0.05) is 13.3 Å². The van der Waals surface area contributed by atoms with Crippen molar-refractivity contribution in [1.29, 1.82) is 0 Å². The van der Waals surface area contributed by atoms with Crippen molar-refractivity contribution in [3.63, 3.8) is 0 Å². The van der Waals surface area contributed by atoms with Crippen molar-refractivity contribution in [2.24, 2.45) is 0 Å². The van der Waals surface area contributed by atoms with E-state index in [0.29, 0.717) is 6.61 Å². The van der Waals surface area contributed by atoms with Gasteiger partial charge >= 0.3 is 0 Å². The molecule has 0 saturated carbocycles. The number of likely N-dealkylation sites (N-methyl/N-ethyl adjacent to an activating group) is 1. The summed E-state index contributed by atoms with van der Waals surface area (Å²) in [5.74, 6) is 0.803. The van der Waals surface area contributed by atoms with Crippen molar-refractivity contribution in [2.45, 2.75) is 38.8 Å². The molecule has 0 aliphatic rings. The average Bonchev–Trinajstić information content (AvgIpc) is 2.40. The second-order valence-corrected chi connectivity index (χ2v) is 4.14. The Hall–Kier alpha value is -1.13. The summed E-state index contributed by atoms with van der Waals surface area (Å²) in [4.78, 5) is 4.44. The van der Waals surface area contributed by atoms with Crippen LogP contribution in [0, 0.1) is 0 Å². The van der Waals surface area contributed by atoms with Gasteiger partial charge in [0, 0.05) is 12.8 Å². The van der Waals surface area contributed by atoms with Gasteiger partial charge in [0.25, 0.3) is 0 Å². The van der Waals surface area contributed by atoms with Crippen molar-refractivity contribution >= 4 is 0 Å². The molecule has 2 atom stereocenters. The molecule has 1 N–H and O–H groups in total. The summed E-state index contributed by atoms with van der Waals surface area (Å²) in [6.07, 6.45) is 3.99. The van der Waals surface area contributed by atoms with Crippen LogP contribution in [0.15, 0.2) is 18.3 Å². The summed E-state index contributed by atoms with van der Waals surface area (Å²) in [7, 11) is 3.60. The van der Waals surface area contributed by atoms with E-state index >= 15 is 0 Å². The molecule has 1 rings (SSSR count). The summed E-state index contributed by atoms with van der Waals surface area (Å²) < 4.78 is 11.2. The summed E-state index contributed by atoms with van der Waals surface area (Å²) in [5, 5.41) is 3.30. The zero-order valence-corrected chi connectivity index (χ0v) is 11.8. The molecule has 0 aromatic carbocycles. The van der Waals surface area contributed by atoms with Crippen LogP contribution in [0.2, 0.25) is 0 Å². The molecule has 0 saturated heterocycles. The smallest absolute Gasteiger partial charge is 0.142 e. The number of nitrogens with one attached hydrogen (secondary N) is 1. The fourth-order valence-electron chi connectivity index (χ4n) is 2.15. The average molecular weight is 252 g/mol. The zero-order valence-electron chi connectivity index (χ0n) is 11.8. The highest BCUT2D eigenvalue weighted by molar-refractivity contribution is 5.30. The first-order valence-corrected chi connectivity index (χ1v) is 6.56. The van der Waals surface area contributed by atoms with Gasteiger partial charge in [0.05, 0.1) is 19.3 Å². The first kappa shape index (κ1) is 14.9. The number of pyridine rings is 1. The molecule has 0 radical (unpaired) electrons. The number of aromatic nitrogens is 1. The lowest BCUT2D eigenvalue weighted by atomic mass is 10.0. The molecule has 1 aromatic rings. The molecule has 0 aliphatic carbocycles. The second-order valence-electron chi connectivity index (χ2n) is 4.14. The molecule has 18 heavy (non-hydrogen) atoms. The Morgan fingerprint density at radius 1 is 1.39 bits per heavy atom. The SMILES string of the molecule is CCCC(OCC)C(NC)c1ncccc1OC. The predicted octanol–water partition coefficient (Wildman–Crippen LogP) is 2.56. The van der Waals surface area contributed by atoms with E-state index in [2.05, 4.69) is 17.2 Å². The van der Waals surface area contributed by atoms with Gasteiger partial charge in [0.1, 0.15) is 11.4 Å². The molecule has 0 amide bonds. The molecular weight excluding hydrogens is 228 g/mol. The monoisotopic (exact) mass is 252 g/mol. The van der Waals surface area contributed by atoms with Crippen molar-refractivity contribution in [2.75, 3.05) is 20.8 Å². The molecule has 1 heterocycles. The molecule has 0 bridgehead atoms. The lowest BCUT2D eigenvalue weighted by Crippen LogP contribution is -2.32. The van der Waals surface area contributed by atoms with Gasteiger partial charge in [-0.05, 0) is 32.5 Å². The minimum atomic E-state index is 0.0565. The summed E-state index contributed by atoms with van der Waals surface area (Å²) in [6.45, 7) is 4.89. The summed E-state index contributed by atoms with van der Waals surface area (Å²) >= 11 is 0. The number of rotatable bonds is 8. The highest BCUT2D eigenvalue weighted by Crippen LogP contribution is 2.27. The van der Waals surface area contributed by atoms with E-state index < -0.39 is 0 Å². The third kappa shape index (κ3) is 3.68. The first-order chi connectivity index (χ1) is 8.78. The minimum Gasteiger partial charge on any atom is -0.495 e. The Balaban J connectivity index is 2.98. The van der Waals surface area contributed by atoms with Crippen molar-refractivity contribution in [3.05, 3.63) is 24.0 Å². The van der Waals surface area contributed by atoms with Crippen molar-refractivity contribution in [3.8, 4) is 5.75 Å². The van der Waals surface area contributed by atoms with E-state index in [9.17, 15) is 0 Å². The lowest BCUT2D eigenvalue weighted by Gasteiger charge is -2.27. The molecule has 102 valence electrons. The number of hydrogen-bond acceptors (Lipinski definition) is 4. The molecule has 4 heteroatoms. The maximum atomic E-state index is 5.83. The van der Waals surface area contributed by atoms with Crippen LogP contribution in [0.25, 0.3) is 0 Å². The standard InChI is InChI=1S/C14H24N2O2/c1-5-8-12(18-6-2)13(15-3)14-11(17-4)9-7-10-16-14/h7,9-10,12-13,15H,5-6,8H2,1-4H3. The second kappa shape index (κ2) is 8.06. The Bertz CT molecular complexity index is 338. The van der Waals surface area contributed by atoms with Crippen LogP contribution in [-0.2, 0) is 4.74 Å². The lowest BCUT2D eigenvalue weighted by molar-refractivity contribution is 0.0279. The third-order valence-corrected chi connectivity index (χ3v) is 2.95. The largest absolute Gasteiger partial charge is 0.495 e.